The number of rotatable bonds is 13. The topological polar surface area (TPSA) is 39.4 Å². The summed E-state index contributed by atoms with van der Waals surface area (Å²) in [4.78, 5) is 18.5. The van der Waals surface area contributed by atoms with E-state index >= 15 is 0 Å². The molecular formula is C40H62NO3+. The number of carbonyl (C=O) groups excluding carboxylic acids is 1. The number of pyridine rings is 1. The lowest BCUT2D eigenvalue weighted by Gasteiger charge is -2.58. The molecule has 3 fully saturated rings. The number of hydrogen-bond acceptors (Lipinski definition) is 3. The van der Waals surface area contributed by atoms with Gasteiger partial charge >= 0.3 is 5.97 Å². The molecular weight excluding hydrogens is 542 g/mol. The number of hydrogen-bond donors (Lipinski definition) is 0. The fraction of sp³-hybridized carbons (Fsp3) is 0.750. The smallest absolute Gasteiger partial charge is 0.306 e. The number of ether oxygens (including phenoxy) is 1. The molecule has 0 bridgehead atoms. The van der Waals surface area contributed by atoms with Crippen LogP contribution in [0.15, 0.2) is 54.6 Å². The molecule has 9 atom stereocenters. The predicted molar refractivity (Wildman–Crippen MR) is 178 cm³/mol. The van der Waals surface area contributed by atoms with Gasteiger partial charge in [-0.2, -0.15) is 0 Å². The van der Waals surface area contributed by atoms with Crippen LogP contribution in [-0.4, -0.2) is 12.1 Å². The Morgan fingerprint density at radius 2 is 1.77 bits per heavy atom. The first-order valence-electron chi connectivity index (χ1n) is 18.3. The van der Waals surface area contributed by atoms with E-state index in [2.05, 4.69) is 54.2 Å². The number of carbonyl (C=O) groups is 1. The molecule has 4 heteroatoms. The average molecular weight is 605 g/mol. The van der Waals surface area contributed by atoms with Gasteiger partial charge in [0.25, 0.3) is 0 Å². The van der Waals surface area contributed by atoms with E-state index in [1.165, 1.54) is 51.4 Å². The molecule has 0 amide bonds. The summed E-state index contributed by atoms with van der Waals surface area (Å²) in [5.74, 6) is 6.52. The number of esters is 1. The summed E-state index contributed by atoms with van der Waals surface area (Å²) in [7, 11) is 0. The second-order valence-corrected chi connectivity index (χ2v) is 16.0. The van der Waals surface area contributed by atoms with Crippen molar-refractivity contribution in [1.29, 1.82) is 0 Å². The summed E-state index contributed by atoms with van der Waals surface area (Å²) in [6.45, 7) is 19.1. The van der Waals surface area contributed by atoms with Gasteiger partial charge in [-0.3, -0.25) is 4.79 Å². The van der Waals surface area contributed by atoms with Gasteiger partial charge in [0.2, 0.25) is 12.4 Å². The Hall–Kier alpha value is -2.10. The van der Waals surface area contributed by atoms with Crippen molar-refractivity contribution in [2.45, 2.75) is 138 Å². The van der Waals surface area contributed by atoms with Crippen molar-refractivity contribution in [3.05, 3.63) is 54.6 Å². The monoisotopic (exact) mass is 604 g/mol. The highest BCUT2D eigenvalue weighted by atomic mass is 16.7. The molecule has 4 aliphatic rings. The molecule has 0 aromatic carbocycles. The SMILES string of the molecule is C=C(CCCC(=O)O[C@H]1CC[C@@]2(C)C(=CC[C@H]3[C@@H]4CC[C@H]([C@@H](C)CC[C@H](CC)C(C)C)[C@@]4(C)CC[C@@H]32)C1)O[n+]1ccccc1. The molecule has 0 saturated heterocycles. The first-order valence-corrected chi connectivity index (χ1v) is 18.3. The fourth-order valence-corrected chi connectivity index (χ4v) is 10.7. The molecule has 0 N–H and O–H groups in total. The zero-order chi connectivity index (χ0) is 31.5. The summed E-state index contributed by atoms with van der Waals surface area (Å²) in [5.41, 5.74) is 2.40. The third-order valence-corrected chi connectivity index (χ3v) is 13.3. The first-order chi connectivity index (χ1) is 21.0. The largest absolute Gasteiger partial charge is 0.462 e. The fourth-order valence-electron chi connectivity index (χ4n) is 10.7. The lowest BCUT2D eigenvalue weighted by molar-refractivity contribution is -0.880. The van der Waals surface area contributed by atoms with Gasteiger partial charge in [0.15, 0.2) is 5.76 Å². The Morgan fingerprint density at radius 1 is 1.00 bits per heavy atom. The molecule has 0 radical (unpaired) electrons. The molecule has 1 aromatic rings. The van der Waals surface area contributed by atoms with Crippen molar-refractivity contribution < 1.29 is 19.1 Å². The van der Waals surface area contributed by atoms with E-state index in [-0.39, 0.29) is 17.5 Å². The van der Waals surface area contributed by atoms with Gasteiger partial charge in [-0.05, 0) is 110 Å². The van der Waals surface area contributed by atoms with Crippen molar-refractivity contribution in [2.24, 2.45) is 52.3 Å². The van der Waals surface area contributed by atoms with Gasteiger partial charge in [-0.1, -0.05) is 78.7 Å². The van der Waals surface area contributed by atoms with E-state index < -0.39 is 0 Å². The molecule has 0 aliphatic heterocycles. The van der Waals surface area contributed by atoms with Gasteiger partial charge in [0.1, 0.15) is 6.10 Å². The molecule has 1 aromatic heterocycles. The van der Waals surface area contributed by atoms with E-state index in [0.29, 0.717) is 30.4 Å². The van der Waals surface area contributed by atoms with Crippen LogP contribution < -0.4 is 9.57 Å². The minimum absolute atomic E-state index is 0.0288. The average Bonchev–Trinajstić information content (AvgIpc) is 3.35. The normalized spacial score (nSPS) is 34.2. The molecule has 44 heavy (non-hydrogen) atoms. The molecule has 3 saturated carbocycles. The van der Waals surface area contributed by atoms with E-state index in [1.54, 1.807) is 10.3 Å². The second-order valence-electron chi connectivity index (χ2n) is 16.0. The number of nitrogens with zero attached hydrogens (tertiary/aromatic N) is 1. The van der Waals surface area contributed by atoms with Crippen LogP contribution in [0.5, 0.6) is 0 Å². The highest BCUT2D eigenvalue weighted by Crippen LogP contribution is 2.67. The zero-order valence-corrected chi connectivity index (χ0v) is 28.9. The van der Waals surface area contributed by atoms with Crippen LogP contribution in [0.1, 0.15) is 131 Å². The van der Waals surface area contributed by atoms with Crippen LogP contribution in [0, 0.1) is 52.3 Å². The van der Waals surface area contributed by atoms with Gasteiger partial charge in [0.05, 0.1) is 0 Å². The third kappa shape index (κ3) is 7.00. The zero-order valence-electron chi connectivity index (χ0n) is 28.9. The maximum atomic E-state index is 12.8. The van der Waals surface area contributed by atoms with Crippen molar-refractivity contribution in [3.63, 3.8) is 0 Å². The molecule has 244 valence electrons. The minimum atomic E-state index is -0.0775. The second kappa shape index (κ2) is 14.1. The quantitative estimate of drug-likeness (QED) is 0.0974. The van der Waals surface area contributed by atoms with Gasteiger partial charge in [-0.15, -0.1) is 0 Å². The number of fused-ring (bicyclic) bond motifs is 5. The highest BCUT2D eigenvalue weighted by Gasteiger charge is 2.59. The van der Waals surface area contributed by atoms with Crippen molar-refractivity contribution in [3.8, 4) is 0 Å². The third-order valence-electron chi connectivity index (χ3n) is 13.3. The van der Waals surface area contributed by atoms with Gasteiger partial charge in [0, 0.05) is 36.1 Å². The Bertz CT molecular complexity index is 1160. The van der Waals surface area contributed by atoms with Crippen LogP contribution in [0.3, 0.4) is 0 Å². The Labute approximate surface area is 269 Å². The van der Waals surface area contributed by atoms with Crippen LogP contribution in [-0.2, 0) is 9.53 Å². The van der Waals surface area contributed by atoms with Gasteiger partial charge in [-0.25, -0.2) is 4.84 Å². The first kappa shape index (κ1) is 33.3. The predicted octanol–water partition coefficient (Wildman–Crippen LogP) is 9.68. The van der Waals surface area contributed by atoms with Crippen molar-refractivity contribution in [2.75, 3.05) is 0 Å². The summed E-state index contributed by atoms with van der Waals surface area (Å²) >= 11 is 0. The van der Waals surface area contributed by atoms with Crippen LogP contribution in [0.4, 0.5) is 0 Å². The standard InChI is InChI=1S/C40H62NO3/c1-8-31(28(2)3)16-15-29(4)35-19-20-36-34-18-17-32-27-33(21-23-39(32,6)37(34)22-24-40(35,36)7)43-38(42)14-12-13-30(5)44-41-25-10-9-11-26-41/h9-11,17,25-26,28-29,31,33-37H,5,8,12-16,18-24,27H2,1-4,6-7H3/q+1/t29-,31-,33-,34-,35+,36-,37-,39-,40+/m0/s1. The number of allylic oxidation sites excluding steroid dienone is 2. The van der Waals surface area contributed by atoms with Crippen molar-refractivity contribution in [1.82, 2.24) is 0 Å². The molecule has 4 nitrogen and oxygen atoms in total. The maximum Gasteiger partial charge on any atom is 0.306 e. The number of aromatic nitrogens is 1. The summed E-state index contributed by atoms with van der Waals surface area (Å²) in [6, 6.07) is 5.77. The summed E-state index contributed by atoms with van der Waals surface area (Å²) in [6.07, 6.45) is 22.2. The van der Waals surface area contributed by atoms with E-state index in [0.717, 1.165) is 60.7 Å². The minimum Gasteiger partial charge on any atom is -0.462 e. The molecule has 0 unspecified atom stereocenters. The highest BCUT2D eigenvalue weighted by molar-refractivity contribution is 5.69. The Balaban J connectivity index is 1.12. The Kier molecular flexibility index (Phi) is 10.7. The lowest BCUT2D eigenvalue weighted by atomic mass is 9.47. The van der Waals surface area contributed by atoms with E-state index in [1.807, 2.05) is 30.6 Å². The Morgan fingerprint density at radius 3 is 2.50 bits per heavy atom. The van der Waals surface area contributed by atoms with Crippen molar-refractivity contribution >= 4 is 5.97 Å². The van der Waals surface area contributed by atoms with Crippen LogP contribution >= 0.6 is 0 Å². The molecule has 4 aliphatic carbocycles. The summed E-state index contributed by atoms with van der Waals surface area (Å²) < 4.78 is 7.69. The molecule has 1 heterocycles. The van der Waals surface area contributed by atoms with E-state index in [4.69, 9.17) is 9.57 Å². The summed E-state index contributed by atoms with van der Waals surface area (Å²) in [5, 5.41) is 0. The maximum absolute atomic E-state index is 12.8. The van der Waals surface area contributed by atoms with Crippen LogP contribution in [0.2, 0.25) is 0 Å². The van der Waals surface area contributed by atoms with Crippen LogP contribution in [0.25, 0.3) is 0 Å². The molecule has 0 spiro atoms. The van der Waals surface area contributed by atoms with E-state index in [9.17, 15) is 4.79 Å². The van der Waals surface area contributed by atoms with Gasteiger partial charge < -0.3 is 4.74 Å². The molecule has 5 rings (SSSR count). The lowest BCUT2D eigenvalue weighted by Crippen LogP contribution is -2.51.